The minimum absolute atomic E-state index is 0.142. The van der Waals surface area contributed by atoms with Crippen molar-refractivity contribution in [2.75, 3.05) is 18.0 Å². The molecule has 1 aliphatic heterocycles. The first-order chi connectivity index (χ1) is 11.3. The number of aromatic nitrogens is 2. The number of halogens is 1. The predicted octanol–water partition coefficient (Wildman–Crippen LogP) is 3.95. The Hall–Kier alpha value is -1.41. The Morgan fingerprint density at radius 2 is 2.08 bits per heavy atom. The number of piperidine rings is 1. The first kappa shape index (κ1) is 17.4. The van der Waals surface area contributed by atoms with Crippen LogP contribution in [0.1, 0.15) is 33.6 Å². The molecular formula is C16H21BrN4O2S. The van der Waals surface area contributed by atoms with E-state index < -0.39 is 5.60 Å². The van der Waals surface area contributed by atoms with E-state index in [0.29, 0.717) is 0 Å². The molecule has 2 aromatic heterocycles. The van der Waals surface area contributed by atoms with E-state index in [4.69, 9.17) is 4.74 Å². The molecule has 1 aliphatic rings. The van der Waals surface area contributed by atoms with Gasteiger partial charge in [0, 0.05) is 24.5 Å². The molecule has 1 fully saturated rings. The summed E-state index contributed by atoms with van der Waals surface area (Å²) in [6.07, 6.45) is 3.02. The lowest BCUT2D eigenvalue weighted by atomic mass is 10.1. The highest BCUT2D eigenvalue weighted by Gasteiger charge is 2.25. The first-order valence-electron chi connectivity index (χ1n) is 7.95. The number of thiophene rings is 1. The Morgan fingerprint density at radius 1 is 1.38 bits per heavy atom. The monoisotopic (exact) mass is 412 g/mol. The Labute approximate surface area is 153 Å². The second-order valence-electron chi connectivity index (χ2n) is 6.87. The summed E-state index contributed by atoms with van der Waals surface area (Å²) in [5.41, 5.74) is 0.489. The fourth-order valence-corrected chi connectivity index (χ4v) is 4.35. The average molecular weight is 413 g/mol. The fourth-order valence-electron chi connectivity index (χ4n) is 2.74. The number of rotatable bonds is 2. The molecule has 8 heteroatoms. The summed E-state index contributed by atoms with van der Waals surface area (Å²) in [5, 5.41) is 5.00. The molecule has 3 heterocycles. The number of amides is 1. The van der Waals surface area contributed by atoms with Crippen molar-refractivity contribution in [1.29, 1.82) is 0 Å². The smallest absolute Gasteiger partial charge is 0.407 e. The van der Waals surface area contributed by atoms with Crippen molar-refractivity contribution < 1.29 is 9.53 Å². The van der Waals surface area contributed by atoms with Crippen LogP contribution in [0, 0.1) is 0 Å². The minimum Gasteiger partial charge on any atom is -0.444 e. The second-order valence-corrected chi connectivity index (χ2v) is 8.60. The highest BCUT2D eigenvalue weighted by molar-refractivity contribution is 9.10. The lowest BCUT2D eigenvalue weighted by Gasteiger charge is -2.33. The van der Waals surface area contributed by atoms with Crippen LogP contribution in [0.15, 0.2) is 16.2 Å². The highest BCUT2D eigenvalue weighted by Crippen LogP contribution is 2.34. The zero-order valence-corrected chi connectivity index (χ0v) is 16.4. The zero-order chi connectivity index (χ0) is 17.3. The van der Waals surface area contributed by atoms with Crippen LogP contribution in [0.4, 0.5) is 10.6 Å². The summed E-state index contributed by atoms with van der Waals surface area (Å²) in [5.74, 6) is 0.978. The third-order valence-corrected chi connectivity index (χ3v) is 5.68. The van der Waals surface area contributed by atoms with Crippen molar-refractivity contribution in [2.45, 2.75) is 45.3 Å². The van der Waals surface area contributed by atoms with Gasteiger partial charge in [-0.15, -0.1) is 11.3 Å². The summed E-state index contributed by atoms with van der Waals surface area (Å²) in [7, 11) is 0. The molecule has 0 spiro atoms. The molecule has 1 N–H and O–H groups in total. The quantitative estimate of drug-likeness (QED) is 0.808. The normalized spacial score (nSPS) is 16.4. The van der Waals surface area contributed by atoms with Crippen molar-refractivity contribution in [3.63, 3.8) is 0 Å². The van der Waals surface area contributed by atoms with Crippen LogP contribution in [0.5, 0.6) is 0 Å². The molecular weight excluding hydrogens is 392 g/mol. The molecule has 24 heavy (non-hydrogen) atoms. The van der Waals surface area contributed by atoms with Gasteiger partial charge in [0.25, 0.3) is 0 Å². The van der Waals surface area contributed by atoms with Gasteiger partial charge in [-0.25, -0.2) is 14.8 Å². The number of nitrogens with zero attached hydrogens (tertiary/aromatic N) is 3. The summed E-state index contributed by atoms with van der Waals surface area (Å²) >= 11 is 5.17. The van der Waals surface area contributed by atoms with Gasteiger partial charge in [-0.2, -0.15) is 0 Å². The lowest BCUT2D eigenvalue weighted by molar-refractivity contribution is 0.0497. The van der Waals surface area contributed by atoms with Crippen LogP contribution in [0.3, 0.4) is 0 Å². The van der Waals surface area contributed by atoms with Gasteiger partial charge in [-0.1, -0.05) is 0 Å². The molecule has 1 saturated heterocycles. The molecule has 0 aromatic carbocycles. The molecule has 0 radical (unpaired) electrons. The van der Waals surface area contributed by atoms with Gasteiger partial charge >= 0.3 is 6.09 Å². The largest absolute Gasteiger partial charge is 0.444 e. The average Bonchev–Trinajstić information content (AvgIpc) is 2.88. The van der Waals surface area contributed by atoms with Crippen LogP contribution >= 0.6 is 27.3 Å². The van der Waals surface area contributed by atoms with Gasteiger partial charge in [0.1, 0.15) is 23.3 Å². The molecule has 0 saturated carbocycles. The third-order valence-electron chi connectivity index (χ3n) is 3.81. The van der Waals surface area contributed by atoms with Crippen LogP contribution in [0.2, 0.25) is 0 Å². The predicted molar refractivity (Wildman–Crippen MR) is 99.7 cm³/mol. The van der Waals surface area contributed by atoms with Crippen LogP contribution in [0.25, 0.3) is 10.2 Å². The Balaban J connectivity index is 1.62. The van der Waals surface area contributed by atoms with Gasteiger partial charge < -0.3 is 15.0 Å². The molecule has 130 valence electrons. The molecule has 3 rings (SSSR count). The number of anilines is 1. The number of hydrogen-bond acceptors (Lipinski definition) is 6. The minimum atomic E-state index is -0.468. The number of ether oxygens (including phenoxy) is 1. The first-order valence-corrected chi connectivity index (χ1v) is 9.63. The number of carbonyl (C=O) groups excluding carboxylic acids is 1. The van der Waals surface area contributed by atoms with Crippen LogP contribution in [-0.2, 0) is 4.74 Å². The van der Waals surface area contributed by atoms with Gasteiger partial charge in [0.2, 0.25) is 0 Å². The van der Waals surface area contributed by atoms with Crippen LogP contribution in [-0.4, -0.2) is 40.8 Å². The van der Waals surface area contributed by atoms with Gasteiger partial charge in [0.15, 0.2) is 0 Å². The standard InChI is InChI=1S/C16H21BrN4O2S/c1-16(2,3)23-15(22)20-10-4-6-21(7-5-10)14-13-12(18-9-19-14)11(17)8-24-13/h8-10H,4-7H2,1-3H3,(H,20,22). The summed E-state index contributed by atoms with van der Waals surface area (Å²) in [6.45, 7) is 7.31. The molecule has 1 amide bonds. The summed E-state index contributed by atoms with van der Waals surface area (Å²) in [4.78, 5) is 23.0. The van der Waals surface area contributed by atoms with Crippen molar-refractivity contribution in [2.24, 2.45) is 0 Å². The van der Waals surface area contributed by atoms with Crippen molar-refractivity contribution >= 4 is 49.4 Å². The lowest BCUT2D eigenvalue weighted by Crippen LogP contribution is -2.46. The topological polar surface area (TPSA) is 67.3 Å². The van der Waals surface area contributed by atoms with Gasteiger partial charge in [-0.3, -0.25) is 0 Å². The zero-order valence-electron chi connectivity index (χ0n) is 14.0. The number of alkyl carbamates (subject to hydrolysis) is 1. The van der Waals surface area contributed by atoms with Crippen molar-refractivity contribution in [3.05, 3.63) is 16.2 Å². The summed E-state index contributed by atoms with van der Waals surface area (Å²) in [6, 6.07) is 0.142. The maximum atomic E-state index is 11.9. The van der Waals surface area contributed by atoms with E-state index in [1.165, 1.54) is 0 Å². The maximum Gasteiger partial charge on any atom is 0.407 e. The summed E-state index contributed by atoms with van der Waals surface area (Å²) < 4.78 is 7.43. The highest BCUT2D eigenvalue weighted by atomic mass is 79.9. The number of nitrogens with one attached hydrogen (secondary N) is 1. The van der Waals surface area contributed by atoms with Crippen molar-refractivity contribution in [1.82, 2.24) is 15.3 Å². The number of carbonyl (C=O) groups is 1. The molecule has 6 nitrogen and oxygen atoms in total. The van der Waals surface area contributed by atoms with Crippen LogP contribution < -0.4 is 10.2 Å². The molecule has 0 bridgehead atoms. The Bertz CT molecular complexity index is 735. The number of hydrogen-bond donors (Lipinski definition) is 1. The van der Waals surface area contributed by atoms with E-state index in [1.807, 2.05) is 26.2 Å². The second kappa shape index (κ2) is 6.84. The SMILES string of the molecule is CC(C)(C)OC(=O)NC1CCN(c2ncnc3c(Br)csc23)CC1. The molecule has 0 atom stereocenters. The van der Waals surface area contributed by atoms with E-state index >= 15 is 0 Å². The molecule has 0 unspecified atom stereocenters. The maximum absolute atomic E-state index is 11.9. The Morgan fingerprint density at radius 3 is 2.75 bits per heavy atom. The van der Waals surface area contributed by atoms with E-state index in [2.05, 4.69) is 36.1 Å². The van der Waals surface area contributed by atoms with E-state index in [1.54, 1.807) is 17.7 Å². The third kappa shape index (κ3) is 3.97. The molecule has 2 aromatic rings. The van der Waals surface area contributed by atoms with Gasteiger partial charge in [0.05, 0.1) is 9.17 Å². The van der Waals surface area contributed by atoms with E-state index in [9.17, 15) is 4.79 Å². The Kier molecular flexibility index (Phi) is 4.96. The van der Waals surface area contributed by atoms with Crippen molar-refractivity contribution in [3.8, 4) is 0 Å². The number of fused-ring (bicyclic) bond motifs is 1. The fraction of sp³-hybridized carbons (Fsp3) is 0.562. The van der Waals surface area contributed by atoms with E-state index in [-0.39, 0.29) is 12.1 Å². The van der Waals surface area contributed by atoms with Gasteiger partial charge in [-0.05, 0) is 49.5 Å². The molecule has 0 aliphatic carbocycles. The van der Waals surface area contributed by atoms with E-state index in [0.717, 1.165) is 46.4 Å².